The lowest BCUT2D eigenvalue weighted by molar-refractivity contribution is 0.0684. The first kappa shape index (κ1) is 13.7. The fourth-order valence-corrected chi connectivity index (χ4v) is 1.69. The normalized spacial score (nSPS) is 10.4. The zero-order valence-electron chi connectivity index (χ0n) is 10.3. The topological polar surface area (TPSA) is 60.8 Å². The molecule has 2 N–H and O–H groups in total. The Morgan fingerprint density at radius 2 is 1.76 bits per heavy atom. The SMILES string of the molecule is Cc1ccc(C)c(C(=O)N(CCO)CCO)c1. The van der Waals surface area contributed by atoms with Crippen molar-refractivity contribution in [2.24, 2.45) is 0 Å². The van der Waals surface area contributed by atoms with Crippen LogP contribution in [0.1, 0.15) is 21.5 Å². The van der Waals surface area contributed by atoms with Crippen LogP contribution in [0.4, 0.5) is 0 Å². The summed E-state index contributed by atoms with van der Waals surface area (Å²) >= 11 is 0. The second kappa shape index (κ2) is 6.37. The van der Waals surface area contributed by atoms with Crippen LogP contribution in [0.5, 0.6) is 0 Å². The molecule has 1 rings (SSSR count). The number of aryl methyl sites for hydroxylation is 2. The summed E-state index contributed by atoms with van der Waals surface area (Å²) < 4.78 is 0. The van der Waals surface area contributed by atoms with Crippen LogP contribution >= 0.6 is 0 Å². The van der Waals surface area contributed by atoms with Crippen LogP contribution in [0, 0.1) is 13.8 Å². The predicted octanol–water partition coefficient (Wildman–Crippen LogP) is 0.730. The van der Waals surface area contributed by atoms with Crippen molar-refractivity contribution in [3.8, 4) is 0 Å². The van der Waals surface area contributed by atoms with Crippen LogP contribution in [-0.4, -0.2) is 47.3 Å². The number of aliphatic hydroxyl groups is 2. The van der Waals surface area contributed by atoms with E-state index < -0.39 is 0 Å². The Balaban J connectivity index is 2.95. The number of hydrogen-bond acceptors (Lipinski definition) is 3. The molecule has 17 heavy (non-hydrogen) atoms. The maximum absolute atomic E-state index is 12.2. The Bertz CT molecular complexity index is 384. The van der Waals surface area contributed by atoms with Gasteiger partial charge in [0.2, 0.25) is 0 Å². The highest BCUT2D eigenvalue weighted by Gasteiger charge is 2.16. The number of amides is 1. The minimum atomic E-state index is -0.144. The number of hydrogen-bond donors (Lipinski definition) is 2. The standard InChI is InChI=1S/C13H19NO3/c1-10-3-4-11(2)12(9-10)13(17)14(5-7-15)6-8-16/h3-4,9,15-16H,5-8H2,1-2H3. The Morgan fingerprint density at radius 3 is 2.29 bits per heavy atom. The molecule has 0 fully saturated rings. The summed E-state index contributed by atoms with van der Waals surface area (Å²) in [4.78, 5) is 13.7. The number of carbonyl (C=O) groups excluding carboxylic acids is 1. The van der Waals surface area contributed by atoms with E-state index in [1.807, 2.05) is 32.0 Å². The molecule has 4 nitrogen and oxygen atoms in total. The van der Waals surface area contributed by atoms with E-state index in [4.69, 9.17) is 10.2 Å². The van der Waals surface area contributed by atoms with Gasteiger partial charge in [0.25, 0.3) is 5.91 Å². The number of benzene rings is 1. The quantitative estimate of drug-likeness (QED) is 0.793. The van der Waals surface area contributed by atoms with Crippen molar-refractivity contribution < 1.29 is 15.0 Å². The van der Waals surface area contributed by atoms with E-state index in [1.54, 1.807) is 0 Å². The van der Waals surface area contributed by atoms with Crippen molar-refractivity contribution in [3.05, 3.63) is 34.9 Å². The smallest absolute Gasteiger partial charge is 0.254 e. The highest BCUT2D eigenvalue weighted by molar-refractivity contribution is 5.95. The van der Waals surface area contributed by atoms with Gasteiger partial charge in [-0.25, -0.2) is 0 Å². The first-order chi connectivity index (χ1) is 8.10. The van der Waals surface area contributed by atoms with E-state index in [9.17, 15) is 4.79 Å². The first-order valence-electron chi connectivity index (χ1n) is 5.68. The molecular formula is C13H19NO3. The molecule has 94 valence electrons. The molecular weight excluding hydrogens is 218 g/mol. The average molecular weight is 237 g/mol. The van der Waals surface area contributed by atoms with E-state index in [1.165, 1.54) is 4.90 Å². The Morgan fingerprint density at radius 1 is 1.18 bits per heavy atom. The van der Waals surface area contributed by atoms with Gasteiger partial charge in [0.05, 0.1) is 13.2 Å². The van der Waals surface area contributed by atoms with Crippen molar-refractivity contribution in [1.29, 1.82) is 0 Å². The van der Waals surface area contributed by atoms with Gasteiger partial charge in [0.15, 0.2) is 0 Å². The summed E-state index contributed by atoms with van der Waals surface area (Å²) in [5.41, 5.74) is 2.56. The van der Waals surface area contributed by atoms with Crippen LogP contribution < -0.4 is 0 Å². The maximum Gasteiger partial charge on any atom is 0.254 e. The van der Waals surface area contributed by atoms with E-state index in [0.29, 0.717) is 5.56 Å². The van der Waals surface area contributed by atoms with Crippen LogP contribution in [-0.2, 0) is 0 Å². The summed E-state index contributed by atoms with van der Waals surface area (Å²) in [6.45, 7) is 4.09. The molecule has 0 aliphatic rings. The van der Waals surface area contributed by atoms with Gasteiger partial charge >= 0.3 is 0 Å². The summed E-state index contributed by atoms with van der Waals surface area (Å²) in [6, 6.07) is 5.69. The van der Waals surface area contributed by atoms with Crippen molar-refractivity contribution >= 4 is 5.91 Å². The van der Waals surface area contributed by atoms with E-state index in [0.717, 1.165) is 11.1 Å². The zero-order valence-corrected chi connectivity index (χ0v) is 10.3. The molecule has 0 atom stereocenters. The molecule has 0 saturated carbocycles. The van der Waals surface area contributed by atoms with Gasteiger partial charge in [-0.2, -0.15) is 0 Å². The maximum atomic E-state index is 12.2. The number of rotatable bonds is 5. The minimum absolute atomic E-state index is 0.101. The molecule has 0 aromatic heterocycles. The molecule has 1 aromatic rings. The summed E-state index contributed by atoms with van der Waals surface area (Å²) in [5, 5.41) is 17.8. The lowest BCUT2D eigenvalue weighted by Crippen LogP contribution is -2.36. The Hall–Kier alpha value is -1.39. The molecule has 1 aromatic carbocycles. The van der Waals surface area contributed by atoms with Crippen molar-refractivity contribution in [2.75, 3.05) is 26.3 Å². The molecule has 0 radical (unpaired) electrons. The van der Waals surface area contributed by atoms with Gasteiger partial charge in [-0.05, 0) is 25.5 Å². The van der Waals surface area contributed by atoms with Gasteiger partial charge < -0.3 is 15.1 Å². The fourth-order valence-electron chi connectivity index (χ4n) is 1.69. The van der Waals surface area contributed by atoms with Crippen molar-refractivity contribution in [2.45, 2.75) is 13.8 Å². The molecule has 1 amide bonds. The van der Waals surface area contributed by atoms with Crippen LogP contribution in [0.15, 0.2) is 18.2 Å². The van der Waals surface area contributed by atoms with Gasteiger partial charge in [-0.1, -0.05) is 17.7 Å². The number of aliphatic hydroxyl groups excluding tert-OH is 2. The third-order valence-electron chi connectivity index (χ3n) is 2.65. The van der Waals surface area contributed by atoms with Crippen molar-refractivity contribution in [1.82, 2.24) is 4.90 Å². The van der Waals surface area contributed by atoms with Crippen LogP contribution in [0.25, 0.3) is 0 Å². The van der Waals surface area contributed by atoms with Gasteiger partial charge in [0, 0.05) is 18.7 Å². The number of carbonyl (C=O) groups is 1. The summed E-state index contributed by atoms with van der Waals surface area (Å²) in [5.74, 6) is -0.144. The zero-order chi connectivity index (χ0) is 12.8. The van der Waals surface area contributed by atoms with E-state index >= 15 is 0 Å². The molecule has 0 aliphatic heterocycles. The third kappa shape index (κ3) is 3.54. The first-order valence-corrected chi connectivity index (χ1v) is 5.68. The fraction of sp³-hybridized carbons (Fsp3) is 0.462. The van der Waals surface area contributed by atoms with Gasteiger partial charge in [-0.3, -0.25) is 4.79 Å². The minimum Gasteiger partial charge on any atom is -0.395 e. The predicted molar refractivity (Wildman–Crippen MR) is 66.0 cm³/mol. The largest absolute Gasteiger partial charge is 0.395 e. The molecule has 0 heterocycles. The molecule has 0 bridgehead atoms. The molecule has 0 aliphatic carbocycles. The lowest BCUT2D eigenvalue weighted by Gasteiger charge is -2.21. The third-order valence-corrected chi connectivity index (χ3v) is 2.65. The van der Waals surface area contributed by atoms with E-state index in [-0.39, 0.29) is 32.2 Å². The Kier molecular flexibility index (Phi) is 5.12. The van der Waals surface area contributed by atoms with Crippen molar-refractivity contribution in [3.63, 3.8) is 0 Å². The molecule has 0 spiro atoms. The van der Waals surface area contributed by atoms with Gasteiger partial charge in [0.1, 0.15) is 0 Å². The second-order valence-electron chi connectivity index (χ2n) is 4.06. The van der Waals surface area contributed by atoms with Crippen LogP contribution in [0.3, 0.4) is 0 Å². The highest BCUT2D eigenvalue weighted by Crippen LogP contribution is 2.13. The molecule has 0 unspecified atom stereocenters. The monoisotopic (exact) mass is 237 g/mol. The highest BCUT2D eigenvalue weighted by atomic mass is 16.3. The number of nitrogens with zero attached hydrogens (tertiary/aromatic N) is 1. The molecule has 4 heteroatoms. The lowest BCUT2D eigenvalue weighted by atomic mass is 10.0. The second-order valence-corrected chi connectivity index (χ2v) is 4.06. The van der Waals surface area contributed by atoms with E-state index in [2.05, 4.69) is 0 Å². The average Bonchev–Trinajstić information content (AvgIpc) is 2.31. The van der Waals surface area contributed by atoms with Crippen LogP contribution in [0.2, 0.25) is 0 Å². The summed E-state index contributed by atoms with van der Waals surface area (Å²) in [7, 11) is 0. The summed E-state index contributed by atoms with van der Waals surface area (Å²) in [6.07, 6.45) is 0. The molecule has 0 saturated heterocycles. The van der Waals surface area contributed by atoms with Gasteiger partial charge in [-0.15, -0.1) is 0 Å². The Labute approximate surface area is 101 Å².